The Labute approximate surface area is 232 Å². The van der Waals surface area contributed by atoms with Gasteiger partial charge in [-0.2, -0.15) is 0 Å². The molecule has 7 nitrogen and oxygen atoms in total. The number of nitrogens with one attached hydrogen (secondary N) is 1. The van der Waals surface area contributed by atoms with Crippen LogP contribution in [0.3, 0.4) is 0 Å². The second kappa shape index (κ2) is 12.9. The molecule has 8 heteroatoms. The standard InChI is InChI=1S/C31H39N3O4S/c1-7-28(31(36)32-22(2)3)33(20-26-15-11-13-23(4)19-26)30(35)21-34(29-18-12-14-24(5)25(29)6)39(37,38)27-16-9-8-10-17-27/h8-19,22,28H,7,20-21H2,1-6H3,(H,32,36)/t28-/m0/s1. The molecule has 0 bridgehead atoms. The van der Waals surface area contributed by atoms with Crippen LogP contribution in [0.25, 0.3) is 0 Å². The number of anilines is 1. The number of nitrogens with zero attached hydrogens (tertiary/aromatic N) is 2. The van der Waals surface area contributed by atoms with E-state index in [0.29, 0.717) is 12.1 Å². The number of hydrogen-bond acceptors (Lipinski definition) is 4. The molecule has 39 heavy (non-hydrogen) atoms. The number of hydrogen-bond donors (Lipinski definition) is 1. The summed E-state index contributed by atoms with van der Waals surface area (Å²) in [5.74, 6) is -0.722. The SMILES string of the molecule is CC[C@@H](C(=O)NC(C)C)N(Cc1cccc(C)c1)C(=O)CN(c1cccc(C)c1C)S(=O)(=O)c1ccccc1. The van der Waals surface area contributed by atoms with E-state index in [1.807, 2.05) is 71.9 Å². The first-order valence-electron chi connectivity index (χ1n) is 13.2. The van der Waals surface area contributed by atoms with E-state index in [9.17, 15) is 18.0 Å². The van der Waals surface area contributed by atoms with Crippen LogP contribution in [0.1, 0.15) is 49.4 Å². The first-order chi connectivity index (χ1) is 18.4. The van der Waals surface area contributed by atoms with Crippen LogP contribution >= 0.6 is 0 Å². The van der Waals surface area contributed by atoms with E-state index in [0.717, 1.165) is 22.3 Å². The van der Waals surface area contributed by atoms with Crippen LogP contribution < -0.4 is 9.62 Å². The van der Waals surface area contributed by atoms with Crippen molar-refractivity contribution >= 4 is 27.5 Å². The zero-order valence-electron chi connectivity index (χ0n) is 23.6. The number of benzene rings is 3. The van der Waals surface area contributed by atoms with Crippen molar-refractivity contribution in [3.63, 3.8) is 0 Å². The van der Waals surface area contributed by atoms with Crippen LogP contribution in [0.2, 0.25) is 0 Å². The van der Waals surface area contributed by atoms with Gasteiger partial charge in [0.15, 0.2) is 0 Å². The number of rotatable bonds is 11. The molecule has 3 aromatic carbocycles. The summed E-state index contributed by atoms with van der Waals surface area (Å²) in [5, 5.41) is 2.92. The number of carbonyl (C=O) groups is 2. The highest BCUT2D eigenvalue weighted by Crippen LogP contribution is 2.29. The third-order valence-corrected chi connectivity index (χ3v) is 8.48. The first kappa shape index (κ1) is 29.9. The van der Waals surface area contributed by atoms with E-state index in [2.05, 4.69) is 5.32 Å². The Morgan fingerprint density at radius 1 is 0.897 bits per heavy atom. The summed E-state index contributed by atoms with van der Waals surface area (Å²) in [7, 11) is -4.09. The molecule has 0 aliphatic rings. The maximum Gasteiger partial charge on any atom is 0.264 e. The highest BCUT2D eigenvalue weighted by molar-refractivity contribution is 7.92. The number of carbonyl (C=O) groups excluding carboxylic acids is 2. The predicted octanol–water partition coefficient (Wildman–Crippen LogP) is 5.14. The molecule has 0 aliphatic carbocycles. The number of sulfonamides is 1. The van der Waals surface area contributed by atoms with Gasteiger partial charge in [-0.15, -0.1) is 0 Å². The van der Waals surface area contributed by atoms with Crippen molar-refractivity contribution in [2.75, 3.05) is 10.8 Å². The van der Waals surface area contributed by atoms with E-state index in [1.54, 1.807) is 30.3 Å². The molecular formula is C31H39N3O4S. The molecule has 3 aromatic rings. The predicted molar refractivity (Wildman–Crippen MR) is 156 cm³/mol. The van der Waals surface area contributed by atoms with Crippen LogP contribution in [0.4, 0.5) is 5.69 Å². The van der Waals surface area contributed by atoms with Gasteiger partial charge in [0.05, 0.1) is 10.6 Å². The summed E-state index contributed by atoms with van der Waals surface area (Å²) in [4.78, 5) is 28.9. The summed E-state index contributed by atoms with van der Waals surface area (Å²) in [6, 6.07) is 20.4. The molecule has 0 spiro atoms. The average Bonchev–Trinajstić information content (AvgIpc) is 2.89. The highest BCUT2D eigenvalue weighted by atomic mass is 32.2. The molecule has 0 saturated heterocycles. The Morgan fingerprint density at radius 2 is 1.56 bits per heavy atom. The third-order valence-electron chi connectivity index (χ3n) is 6.71. The molecule has 0 aromatic heterocycles. The largest absolute Gasteiger partial charge is 0.352 e. The second-order valence-corrected chi connectivity index (χ2v) is 12.0. The zero-order valence-corrected chi connectivity index (χ0v) is 24.5. The molecule has 1 atom stereocenters. The topological polar surface area (TPSA) is 86.8 Å². The third kappa shape index (κ3) is 7.26. The normalized spacial score (nSPS) is 12.2. The summed E-state index contributed by atoms with van der Waals surface area (Å²) < 4.78 is 29.1. The summed E-state index contributed by atoms with van der Waals surface area (Å²) in [5.41, 5.74) is 4.00. The minimum Gasteiger partial charge on any atom is -0.352 e. The molecule has 208 valence electrons. The Morgan fingerprint density at radius 3 is 2.18 bits per heavy atom. The highest BCUT2D eigenvalue weighted by Gasteiger charge is 2.34. The van der Waals surface area contributed by atoms with E-state index in [4.69, 9.17) is 0 Å². The van der Waals surface area contributed by atoms with E-state index in [1.165, 1.54) is 21.3 Å². The molecule has 1 N–H and O–H groups in total. The van der Waals surface area contributed by atoms with E-state index < -0.39 is 28.5 Å². The summed E-state index contributed by atoms with van der Waals surface area (Å²) in [6.07, 6.45) is 0.380. The van der Waals surface area contributed by atoms with Crippen molar-refractivity contribution < 1.29 is 18.0 Å². The zero-order chi connectivity index (χ0) is 28.7. The Kier molecular flexibility index (Phi) is 9.92. The van der Waals surface area contributed by atoms with Gasteiger partial charge in [-0.05, 0) is 75.9 Å². The van der Waals surface area contributed by atoms with E-state index >= 15 is 0 Å². The fourth-order valence-electron chi connectivity index (χ4n) is 4.55. The Hall–Kier alpha value is -3.65. The van der Waals surface area contributed by atoms with E-state index in [-0.39, 0.29) is 23.4 Å². The molecule has 2 amide bonds. The van der Waals surface area contributed by atoms with Gasteiger partial charge in [-0.3, -0.25) is 13.9 Å². The Balaban J connectivity index is 2.10. The number of aryl methyl sites for hydroxylation is 2. The fraction of sp³-hybridized carbons (Fsp3) is 0.355. The van der Waals surface area contributed by atoms with Crippen LogP contribution in [0.5, 0.6) is 0 Å². The van der Waals surface area contributed by atoms with Gasteiger partial charge in [-0.25, -0.2) is 8.42 Å². The molecule has 0 unspecified atom stereocenters. The van der Waals surface area contributed by atoms with Crippen molar-refractivity contribution in [1.29, 1.82) is 0 Å². The molecule has 0 radical (unpaired) electrons. The van der Waals surface area contributed by atoms with Crippen LogP contribution in [0.15, 0.2) is 77.7 Å². The van der Waals surface area contributed by atoms with Crippen LogP contribution in [0, 0.1) is 20.8 Å². The van der Waals surface area contributed by atoms with Gasteiger partial charge in [0.2, 0.25) is 11.8 Å². The minimum atomic E-state index is -4.09. The molecular weight excluding hydrogens is 510 g/mol. The van der Waals surface area contributed by atoms with Crippen molar-refractivity contribution in [2.24, 2.45) is 0 Å². The molecule has 0 heterocycles. The quantitative estimate of drug-likeness (QED) is 0.359. The first-order valence-corrected chi connectivity index (χ1v) is 14.7. The lowest BCUT2D eigenvalue weighted by Crippen LogP contribution is -2.53. The van der Waals surface area contributed by atoms with Gasteiger partial charge in [0, 0.05) is 12.6 Å². The van der Waals surface area contributed by atoms with Gasteiger partial charge in [0.1, 0.15) is 12.6 Å². The maximum absolute atomic E-state index is 14.1. The Bertz CT molecular complexity index is 1400. The van der Waals surface area contributed by atoms with Gasteiger partial charge < -0.3 is 10.2 Å². The lowest BCUT2D eigenvalue weighted by molar-refractivity contribution is -0.140. The lowest BCUT2D eigenvalue weighted by Gasteiger charge is -2.34. The van der Waals surface area contributed by atoms with Gasteiger partial charge in [0.25, 0.3) is 10.0 Å². The van der Waals surface area contributed by atoms with Crippen molar-refractivity contribution in [3.05, 3.63) is 95.1 Å². The van der Waals surface area contributed by atoms with Gasteiger partial charge >= 0.3 is 0 Å². The number of amides is 2. The monoisotopic (exact) mass is 549 g/mol. The summed E-state index contributed by atoms with van der Waals surface area (Å²) >= 11 is 0. The minimum absolute atomic E-state index is 0.0912. The maximum atomic E-state index is 14.1. The van der Waals surface area contributed by atoms with Crippen molar-refractivity contribution in [3.8, 4) is 0 Å². The van der Waals surface area contributed by atoms with Crippen molar-refractivity contribution in [1.82, 2.24) is 10.2 Å². The summed E-state index contributed by atoms with van der Waals surface area (Å²) in [6.45, 7) is 11.0. The average molecular weight is 550 g/mol. The molecule has 3 rings (SSSR count). The second-order valence-electron chi connectivity index (χ2n) is 10.1. The lowest BCUT2D eigenvalue weighted by atomic mass is 10.1. The molecule has 0 saturated carbocycles. The smallest absolute Gasteiger partial charge is 0.264 e. The van der Waals surface area contributed by atoms with Gasteiger partial charge in [-0.1, -0.05) is 67.1 Å². The molecule has 0 aliphatic heterocycles. The van der Waals surface area contributed by atoms with Crippen LogP contribution in [-0.2, 0) is 26.2 Å². The van der Waals surface area contributed by atoms with Crippen molar-refractivity contribution in [2.45, 2.75) is 71.5 Å². The fourth-order valence-corrected chi connectivity index (χ4v) is 6.04. The molecule has 0 fully saturated rings. The van der Waals surface area contributed by atoms with Crippen LogP contribution in [-0.4, -0.2) is 43.8 Å².